The molecule has 0 fully saturated rings. The summed E-state index contributed by atoms with van der Waals surface area (Å²) >= 11 is 0. The number of aliphatic hydroxyl groups excluding tert-OH is 1. The second-order valence-corrected chi connectivity index (χ2v) is 24.6. The van der Waals surface area contributed by atoms with Gasteiger partial charge in [-0.05, 0) is 109 Å². The summed E-state index contributed by atoms with van der Waals surface area (Å²) in [7, 11) is 0. The van der Waals surface area contributed by atoms with Crippen LogP contribution < -0.4 is 0 Å². The monoisotopic (exact) mass is 1190 g/mol. The number of carbonyl (C=O) groups is 2. The minimum Gasteiger partial charge on any atom is -0.462 e. The minimum absolute atomic E-state index is 0.0733. The maximum atomic E-state index is 12.4. The van der Waals surface area contributed by atoms with Crippen LogP contribution >= 0.6 is 0 Å². The number of aliphatic hydroxyl groups is 1. The van der Waals surface area contributed by atoms with E-state index in [9.17, 15) is 14.7 Å². The van der Waals surface area contributed by atoms with Crippen molar-refractivity contribution in [2.75, 3.05) is 13.2 Å². The first-order valence-corrected chi connectivity index (χ1v) is 37.1. The van der Waals surface area contributed by atoms with Gasteiger partial charge in [0.1, 0.15) is 6.61 Å². The zero-order valence-corrected chi connectivity index (χ0v) is 56.8. The Morgan fingerprint density at radius 3 is 0.767 bits per heavy atom. The second kappa shape index (κ2) is 75.5. The van der Waals surface area contributed by atoms with E-state index in [1.807, 2.05) is 0 Å². The third kappa shape index (κ3) is 72.8. The molecule has 0 bridgehead atoms. The maximum absolute atomic E-state index is 12.4. The van der Waals surface area contributed by atoms with Crippen LogP contribution in [0.3, 0.4) is 0 Å². The van der Waals surface area contributed by atoms with E-state index >= 15 is 0 Å². The molecule has 0 aromatic rings. The molecular formula is C81H140O5. The molecule has 0 amide bonds. The molecule has 0 saturated carbocycles. The van der Waals surface area contributed by atoms with Crippen molar-refractivity contribution in [1.82, 2.24) is 0 Å². The Balaban J connectivity index is 3.49. The summed E-state index contributed by atoms with van der Waals surface area (Å²) in [5.74, 6) is -0.596. The molecule has 0 aromatic carbocycles. The fourth-order valence-electron chi connectivity index (χ4n) is 10.7. The average molecular weight is 1190 g/mol. The number of allylic oxidation sites excluding steroid dienone is 20. The minimum atomic E-state index is -0.787. The van der Waals surface area contributed by atoms with Gasteiger partial charge >= 0.3 is 11.9 Å². The van der Waals surface area contributed by atoms with Crippen molar-refractivity contribution in [2.45, 2.75) is 367 Å². The summed E-state index contributed by atoms with van der Waals surface area (Å²) < 4.78 is 10.8. The van der Waals surface area contributed by atoms with Crippen molar-refractivity contribution < 1.29 is 24.2 Å². The van der Waals surface area contributed by atoms with Crippen LogP contribution in [0.2, 0.25) is 0 Å². The first-order valence-electron chi connectivity index (χ1n) is 37.1. The fraction of sp³-hybridized carbons (Fsp3) is 0.728. The van der Waals surface area contributed by atoms with Crippen molar-refractivity contribution in [3.8, 4) is 0 Å². The highest BCUT2D eigenvalue weighted by molar-refractivity contribution is 5.70. The summed E-state index contributed by atoms with van der Waals surface area (Å²) in [6.45, 7) is 4.05. The van der Waals surface area contributed by atoms with E-state index in [0.717, 1.165) is 103 Å². The van der Waals surface area contributed by atoms with Gasteiger partial charge in [-0.25, -0.2) is 0 Å². The summed E-state index contributed by atoms with van der Waals surface area (Å²) in [6, 6.07) is 0. The quantitative estimate of drug-likeness (QED) is 0.0373. The molecule has 86 heavy (non-hydrogen) atoms. The van der Waals surface area contributed by atoms with Crippen LogP contribution in [0.1, 0.15) is 361 Å². The van der Waals surface area contributed by atoms with Crippen molar-refractivity contribution in [3.63, 3.8) is 0 Å². The van der Waals surface area contributed by atoms with E-state index in [2.05, 4.69) is 135 Å². The Bertz CT molecular complexity index is 1690. The average Bonchev–Trinajstić information content (AvgIpc) is 3.55. The molecule has 0 rings (SSSR count). The highest BCUT2D eigenvalue weighted by Gasteiger charge is 2.16. The molecule has 5 nitrogen and oxygen atoms in total. The van der Waals surface area contributed by atoms with Gasteiger partial charge in [-0.1, -0.05) is 360 Å². The van der Waals surface area contributed by atoms with E-state index in [0.29, 0.717) is 12.8 Å². The van der Waals surface area contributed by atoms with Crippen LogP contribution in [-0.4, -0.2) is 36.4 Å². The van der Waals surface area contributed by atoms with E-state index in [1.165, 1.54) is 231 Å². The lowest BCUT2D eigenvalue weighted by molar-refractivity contribution is -0.161. The van der Waals surface area contributed by atoms with E-state index in [-0.39, 0.29) is 25.2 Å². The van der Waals surface area contributed by atoms with Crippen LogP contribution in [0.4, 0.5) is 0 Å². The van der Waals surface area contributed by atoms with Gasteiger partial charge in [0, 0.05) is 12.8 Å². The molecule has 5 heteroatoms. The molecule has 0 aliphatic heterocycles. The number of ether oxygens (including phenoxy) is 2. The molecule has 0 heterocycles. The Labute approximate surface area is 534 Å². The summed E-state index contributed by atoms with van der Waals surface area (Å²) in [5, 5.41) is 9.71. The smallest absolute Gasteiger partial charge is 0.306 e. The SMILES string of the molecule is CC/C=C\C/C=C\C/C=C\C/C=C\C/C=C\C/C=C\C/C=C\C/C=C\C/C=C\CCCCCCCCCC(=O)OC(CO)COC(=O)CCCCCCCCCCCCCCCCCCCCCCCCCCC/C=C\CCCCCCCCCC. The van der Waals surface area contributed by atoms with Crippen molar-refractivity contribution >= 4 is 11.9 Å². The Morgan fingerprint density at radius 2 is 0.500 bits per heavy atom. The highest BCUT2D eigenvalue weighted by Crippen LogP contribution is 2.18. The molecule has 1 N–H and O–H groups in total. The van der Waals surface area contributed by atoms with Gasteiger partial charge in [0.15, 0.2) is 6.10 Å². The molecule has 1 atom stereocenters. The normalized spacial score (nSPS) is 12.9. The zero-order valence-electron chi connectivity index (χ0n) is 56.8. The van der Waals surface area contributed by atoms with Gasteiger partial charge in [0.05, 0.1) is 6.61 Å². The molecule has 1 unspecified atom stereocenters. The molecular weight excluding hydrogens is 1050 g/mol. The van der Waals surface area contributed by atoms with Crippen molar-refractivity contribution in [2.24, 2.45) is 0 Å². The van der Waals surface area contributed by atoms with Crippen LogP contribution in [0.25, 0.3) is 0 Å². The molecule has 0 aromatic heterocycles. The van der Waals surface area contributed by atoms with Crippen molar-refractivity contribution in [1.29, 1.82) is 0 Å². The third-order valence-electron chi connectivity index (χ3n) is 16.2. The lowest BCUT2D eigenvalue weighted by atomic mass is 10.0. The largest absolute Gasteiger partial charge is 0.462 e. The number of esters is 2. The lowest BCUT2D eigenvalue weighted by Crippen LogP contribution is -2.28. The van der Waals surface area contributed by atoms with Gasteiger partial charge in [-0.2, -0.15) is 0 Å². The molecule has 0 aliphatic carbocycles. The number of unbranched alkanes of at least 4 members (excludes halogenated alkanes) is 40. The number of carbonyl (C=O) groups excluding carboxylic acids is 2. The van der Waals surface area contributed by atoms with Crippen LogP contribution in [-0.2, 0) is 19.1 Å². The van der Waals surface area contributed by atoms with Gasteiger partial charge in [-0.3, -0.25) is 9.59 Å². The zero-order chi connectivity index (χ0) is 61.9. The highest BCUT2D eigenvalue weighted by atomic mass is 16.6. The molecule has 494 valence electrons. The molecule has 0 aliphatic rings. The second-order valence-electron chi connectivity index (χ2n) is 24.6. The Morgan fingerprint density at radius 1 is 0.279 bits per heavy atom. The van der Waals surface area contributed by atoms with E-state index < -0.39 is 6.10 Å². The van der Waals surface area contributed by atoms with E-state index in [1.54, 1.807) is 0 Å². The first-order chi connectivity index (χ1) is 42.6. The first kappa shape index (κ1) is 82.3. The van der Waals surface area contributed by atoms with Crippen LogP contribution in [0.15, 0.2) is 122 Å². The van der Waals surface area contributed by atoms with Gasteiger partial charge in [0.2, 0.25) is 0 Å². The number of hydrogen-bond acceptors (Lipinski definition) is 5. The standard InChI is InChI=1S/C81H140O5/c1-3-5-7-9-11-13-15-17-19-21-23-25-27-29-31-33-35-37-39-40-42-43-45-47-49-51-53-55-57-59-61-63-65-67-69-71-73-75-80(83)85-78-79(77-82)86-81(84)76-74-72-70-68-66-64-62-60-58-56-54-52-50-48-46-44-41-38-36-34-32-30-28-26-24-22-20-18-16-14-12-10-8-6-4-2/h6,8,12,14,18,20-21,23-24,26,30,32,36,38,44,46,50,52,56,58,79,82H,3-5,7,9-11,13,15-17,19,22,25,27-29,31,33-35,37,39-43,45,47-49,51,53-55,57,59-78H2,1-2H3/b8-6-,14-12-,20-18-,23-21-,26-24-,32-30-,38-36-,46-44-,52-50-,58-56-. The predicted octanol–water partition coefficient (Wildman–Crippen LogP) is 26.1. The summed E-state index contributed by atoms with van der Waals surface area (Å²) in [4.78, 5) is 24.7. The fourth-order valence-corrected chi connectivity index (χ4v) is 10.7. The van der Waals surface area contributed by atoms with Gasteiger partial charge in [0.25, 0.3) is 0 Å². The van der Waals surface area contributed by atoms with Gasteiger partial charge < -0.3 is 14.6 Å². The topological polar surface area (TPSA) is 72.8 Å². The van der Waals surface area contributed by atoms with Crippen LogP contribution in [0, 0.1) is 0 Å². The van der Waals surface area contributed by atoms with Crippen molar-refractivity contribution in [3.05, 3.63) is 122 Å². The lowest BCUT2D eigenvalue weighted by Gasteiger charge is -2.15. The maximum Gasteiger partial charge on any atom is 0.306 e. The Kier molecular flexibility index (Phi) is 72.3. The van der Waals surface area contributed by atoms with E-state index in [4.69, 9.17) is 9.47 Å². The predicted molar refractivity (Wildman–Crippen MR) is 380 cm³/mol. The number of rotatable bonds is 68. The number of hydrogen-bond donors (Lipinski definition) is 1. The summed E-state index contributed by atoms with van der Waals surface area (Å²) in [5.41, 5.74) is 0. The Hall–Kier alpha value is -3.70. The molecule has 0 radical (unpaired) electrons. The summed E-state index contributed by atoms with van der Waals surface area (Å²) in [6.07, 6.45) is 111. The van der Waals surface area contributed by atoms with Gasteiger partial charge in [-0.15, -0.1) is 0 Å². The third-order valence-corrected chi connectivity index (χ3v) is 16.2. The molecule has 0 saturated heterocycles. The molecule has 0 spiro atoms. The van der Waals surface area contributed by atoms with Crippen LogP contribution in [0.5, 0.6) is 0 Å².